The van der Waals surface area contributed by atoms with Crippen LogP contribution in [0, 0.1) is 21.7 Å². The van der Waals surface area contributed by atoms with Crippen molar-refractivity contribution >= 4 is 26.8 Å². The highest BCUT2D eigenvalue weighted by atomic mass is 32.2. The molecule has 0 radical (unpaired) electrons. The standard InChI is InChI=1S/C20H17F2N5O5S/c1-3-25-15-6-7-16(27(28)29)20(32-33(2,30)31)19(15)24-18(25)11-13-8-9-23-26(13)17-10-12(21)4-5-14(17)22/h4-10H,3,11H2,1-2H3. The van der Waals surface area contributed by atoms with Gasteiger partial charge in [-0.2, -0.15) is 13.5 Å². The van der Waals surface area contributed by atoms with E-state index in [1.165, 1.54) is 16.9 Å². The van der Waals surface area contributed by atoms with Gasteiger partial charge in [0.1, 0.15) is 28.7 Å². The molecule has 0 aliphatic rings. The number of nitro benzene ring substituents is 1. The van der Waals surface area contributed by atoms with E-state index in [1.54, 1.807) is 10.6 Å². The third-order valence-corrected chi connectivity index (χ3v) is 5.35. The van der Waals surface area contributed by atoms with E-state index >= 15 is 0 Å². The molecule has 0 aliphatic carbocycles. The van der Waals surface area contributed by atoms with Gasteiger partial charge in [-0.3, -0.25) is 10.1 Å². The molecule has 13 heteroatoms. The van der Waals surface area contributed by atoms with Crippen LogP contribution in [0.15, 0.2) is 42.6 Å². The first-order chi connectivity index (χ1) is 15.6. The molecule has 0 N–H and O–H groups in total. The van der Waals surface area contributed by atoms with Gasteiger partial charge in [-0.15, -0.1) is 0 Å². The number of nitrogens with zero attached hydrogens (tertiary/aromatic N) is 5. The zero-order valence-corrected chi connectivity index (χ0v) is 18.2. The number of aryl methyl sites for hydroxylation is 1. The summed E-state index contributed by atoms with van der Waals surface area (Å²) in [5, 5.41) is 15.5. The maximum Gasteiger partial charge on any atom is 0.315 e. The Morgan fingerprint density at radius 1 is 1.18 bits per heavy atom. The Morgan fingerprint density at radius 2 is 1.94 bits per heavy atom. The molecule has 0 atom stereocenters. The molecule has 0 saturated carbocycles. The van der Waals surface area contributed by atoms with Crippen LogP contribution < -0.4 is 4.18 Å². The van der Waals surface area contributed by atoms with E-state index in [0.29, 0.717) is 23.6 Å². The lowest BCUT2D eigenvalue weighted by Crippen LogP contribution is -2.09. The molecule has 4 rings (SSSR count). The summed E-state index contributed by atoms with van der Waals surface area (Å²) in [6.45, 7) is 2.21. The average Bonchev–Trinajstić information content (AvgIpc) is 3.33. The van der Waals surface area contributed by atoms with E-state index in [9.17, 15) is 27.3 Å². The summed E-state index contributed by atoms with van der Waals surface area (Å²) in [6.07, 6.45) is 2.28. The van der Waals surface area contributed by atoms with Crippen molar-refractivity contribution in [3.05, 3.63) is 75.9 Å². The lowest BCUT2D eigenvalue weighted by Gasteiger charge is -2.10. The SMILES string of the molecule is CCn1c(Cc2ccnn2-c2cc(F)ccc2F)nc2c(OS(C)(=O)=O)c([N+](=O)[O-])ccc21. The fourth-order valence-electron chi connectivity index (χ4n) is 3.56. The fourth-order valence-corrected chi connectivity index (χ4v) is 4.03. The summed E-state index contributed by atoms with van der Waals surface area (Å²) in [5.41, 5.74) is 0.233. The van der Waals surface area contributed by atoms with Gasteiger partial charge in [-0.1, -0.05) is 0 Å². The number of nitro groups is 1. The largest absolute Gasteiger partial charge is 0.373 e. The molecule has 0 unspecified atom stereocenters. The second-order valence-corrected chi connectivity index (χ2v) is 8.68. The van der Waals surface area contributed by atoms with Crippen molar-refractivity contribution in [1.29, 1.82) is 0 Å². The normalized spacial score (nSPS) is 11.8. The summed E-state index contributed by atoms with van der Waals surface area (Å²) in [4.78, 5) is 15.1. The van der Waals surface area contributed by atoms with E-state index in [4.69, 9.17) is 4.18 Å². The fraction of sp³-hybridized carbons (Fsp3) is 0.200. The lowest BCUT2D eigenvalue weighted by molar-refractivity contribution is -0.385. The quantitative estimate of drug-likeness (QED) is 0.227. The molecule has 2 heterocycles. The summed E-state index contributed by atoms with van der Waals surface area (Å²) in [7, 11) is -4.08. The number of fused-ring (bicyclic) bond motifs is 1. The summed E-state index contributed by atoms with van der Waals surface area (Å²) < 4.78 is 59.4. The van der Waals surface area contributed by atoms with Gasteiger partial charge in [0.2, 0.25) is 5.75 Å². The van der Waals surface area contributed by atoms with Crippen molar-refractivity contribution in [3.63, 3.8) is 0 Å². The number of halogens is 2. The number of rotatable bonds is 7. The van der Waals surface area contributed by atoms with Crippen LogP contribution >= 0.6 is 0 Å². The van der Waals surface area contributed by atoms with Gasteiger partial charge in [-0.25, -0.2) is 18.4 Å². The Morgan fingerprint density at radius 3 is 2.61 bits per heavy atom. The lowest BCUT2D eigenvalue weighted by atomic mass is 10.2. The zero-order chi connectivity index (χ0) is 23.9. The second kappa shape index (κ2) is 8.24. The topological polar surface area (TPSA) is 122 Å². The smallest absolute Gasteiger partial charge is 0.315 e. The minimum Gasteiger partial charge on any atom is -0.373 e. The monoisotopic (exact) mass is 477 g/mol. The molecule has 0 spiro atoms. The van der Waals surface area contributed by atoms with Crippen LogP contribution in [0.2, 0.25) is 0 Å². The first kappa shape index (κ1) is 22.3. The average molecular weight is 477 g/mol. The number of benzene rings is 2. The Bertz CT molecular complexity index is 1500. The third kappa shape index (κ3) is 4.26. The van der Waals surface area contributed by atoms with Crippen molar-refractivity contribution in [2.24, 2.45) is 0 Å². The van der Waals surface area contributed by atoms with Crippen LogP contribution in [-0.4, -0.2) is 38.9 Å². The van der Waals surface area contributed by atoms with E-state index < -0.39 is 38.1 Å². The maximum atomic E-state index is 14.3. The van der Waals surface area contributed by atoms with Gasteiger partial charge in [0.05, 0.1) is 22.4 Å². The molecule has 2 aromatic carbocycles. The summed E-state index contributed by atoms with van der Waals surface area (Å²) in [5.74, 6) is -1.41. The first-order valence-electron chi connectivity index (χ1n) is 9.63. The predicted molar refractivity (Wildman–Crippen MR) is 114 cm³/mol. The van der Waals surface area contributed by atoms with Crippen molar-refractivity contribution in [2.45, 2.75) is 19.9 Å². The highest BCUT2D eigenvalue weighted by Crippen LogP contribution is 2.36. The molecule has 0 bridgehead atoms. The minimum atomic E-state index is -4.08. The molecule has 33 heavy (non-hydrogen) atoms. The molecular weight excluding hydrogens is 460 g/mol. The molecular formula is C20H17F2N5O5S. The molecule has 0 aliphatic heterocycles. The summed E-state index contributed by atoms with van der Waals surface area (Å²) >= 11 is 0. The molecule has 10 nitrogen and oxygen atoms in total. The Kier molecular flexibility index (Phi) is 5.57. The number of hydrogen-bond donors (Lipinski definition) is 0. The van der Waals surface area contributed by atoms with Crippen LogP contribution in [-0.2, 0) is 23.1 Å². The van der Waals surface area contributed by atoms with E-state index in [2.05, 4.69) is 10.1 Å². The van der Waals surface area contributed by atoms with Crippen LogP contribution in [0.25, 0.3) is 16.7 Å². The van der Waals surface area contributed by atoms with E-state index in [1.807, 2.05) is 6.92 Å². The van der Waals surface area contributed by atoms with Gasteiger partial charge in [-0.05, 0) is 31.2 Å². The van der Waals surface area contributed by atoms with Gasteiger partial charge in [0, 0.05) is 31.3 Å². The minimum absolute atomic E-state index is 0.00511. The summed E-state index contributed by atoms with van der Waals surface area (Å²) in [6, 6.07) is 7.19. The van der Waals surface area contributed by atoms with Crippen molar-refractivity contribution in [2.75, 3.05) is 6.26 Å². The third-order valence-electron chi connectivity index (χ3n) is 4.88. The first-order valence-corrected chi connectivity index (χ1v) is 11.4. The highest BCUT2D eigenvalue weighted by molar-refractivity contribution is 7.86. The Hall–Kier alpha value is -3.87. The second-order valence-electron chi connectivity index (χ2n) is 7.11. The van der Waals surface area contributed by atoms with Crippen molar-refractivity contribution in [3.8, 4) is 11.4 Å². The molecule has 0 amide bonds. The van der Waals surface area contributed by atoms with Gasteiger partial charge in [0.25, 0.3) is 0 Å². The van der Waals surface area contributed by atoms with E-state index in [0.717, 1.165) is 30.5 Å². The van der Waals surface area contributed by atoms with Crippen LogP contribution in [0.3, 0.4) is 0 Å². The number of aromatic nitrogens is 4. The van der Waals surface area contributed by atoms with Gasteiger partial charge < -0.3 is 8.75 Å². The van der Waals surface area contributed by atoms with Crippen LogP contribution in [0.1, 0.15) is 18.4 Å². The van der Waals surface area contributed by atoms with E-state index in [-0.39, 0.29) is 17.6 Å². The number of imidazole rings is 1. The Balaban J connectivity index is 1.87. The van der Waals surface area contributed by atoms with Crippen LogP contribution in [0.4, 0.5) is 14.5 Å². The molecule has 172 valence electrons. The van der Waals surface area contributed by atoms with Gasteiger partial charge in [0.15, 0.2) is 0 Å². The Labute approximate surface area is 186 Å². The predicted octanol–water partition coefficient (Wildman–Crippen LogP) is 3.36. The van der Waals surface area contributed by atoms with Crippen LogP contribution in [0.5, 0.6) is 5.75 Å². The maximum absolute atomic E-state index is 14.3. The molecule has 0 fully saturated rings. The highest BCUT2D eigenvalue weighted by Gasteiger charge is 2.26. The van der Waals surface area contributed by atoms with Gasteiger partial charge >= 0.3 is 15.8 Å². The zero-order valence-electron chi connectivity index (χ0n) is 17.4. The molecule has 4 aromatic rings. The van der Waals surface area contributed by atoms with Crippen molar-refractivity contribution in [1.82, 2.24) is 19.3 Å². The molecule has 0 saturated heterocycles. The molecule has 2 aromatic heterocycles. The number of hydrogen-bond acceptors (Lipinski definition) is 7. The van der Waals surface area contributed by atoms with Crippen molar-refractivity contribution < 1.29 is 26.3 Å².